The van der Waals surface area contributed by atoms with Gasteiger partial charge in [-0.2, -0.15) is 13.2 Å². The third-order valence-electron chi connectivity index (χ3n) is 2.51. The minimum Gasteiger partial charge on any atom is -0.299 e. The van der Waals surface area contributed by atoms with Gasteiger partial charge in [0.1, 0.15) is 5.78 Å². The number of hydrogen-bond donors (Lipinski definition) is 0. The molecule has 1 aromatic rings. The molecule has 0 aliphatic heterocycles. The van der Waals surface area contributed by atoms with Crippen molar-refractivity contribution in [3.05, 3.63) is 35.4 Å². The molecule has 0 spiro atoms. The summed E-state index contributed by atoms with van der Waals surface area (Å²) >= 11 is 0. The van der Waals surface area contributed by atoms with Gasteiger partial charge < -0.3 is 0 Å². The Morgan fingerprint density at radius 3 is 2.12 bits per heavy atom. The SMILES string of the molecule is CC(C)(C)C(=O)Cc1ccccc1C(F)(F)F. The summed E-state index contributed by atoms with van der Waals surface area (Å²) in [6.07, 6.45) is -4.59. The lowest BCUT2D eigenvalue weighted by Gasteiger charge is -2.18. The Balaban J connectivity index is 3.04. The molecule has 0 aromatic heterocycles. The van der Waals surface area contributed by atoms with E-state index in [0.717, 1.165) is 6.07 Å². The van der Waals surface area contributed by atoms with E-state index in [4.69, 9.17) is 0 Å². The third-order valence-corrected chi connectivity index (χ3v) is 2.51. The minimum absolute atomic E-state index is 0.0416. The van der Waals surface area contributed by atoms with E-state index in [2.05, 4.69) is 0 Å². The van der Waals surface area contributed by atoms with Crippen LogP contribution < -0.4 is 0 Å². The lowest BCUT2D eigenvalue weighted by atomic mass is 9.86. The zero-order valence-electron chi connectivity index (χ0n) is 10.1. The van der Waals surface area contributed by atoms with Crippen LogP contribution in [-0.2, 0) is 17.4 Å². The summed E-state index contributed by atoms with van der Waals surface area (Å²) in [5, 5.41) is 0. The first-order chi connectivity index (χ1) is 7.62. The molecule has 0 fully saturated rings. The first-order valence-electron chi connectivity index (χ1n) is 5.31. The van der Waals surface area contributed by atoms with Crippen LogP contribution in [0.1, 0.15) is 31.9 Å². The predicted molar refractivity (Wildman–Crippen MR) is 59.6 cm³/mol. The van der Waals surface area contributed by atoms with Crippen LogP contribution in [0.4, 0.5) is 13.2 Å². The summed E-state index contributed by atoms with van der Waals surface area (Å²) in [5.74, 6) is -0.200. The van der Waals surface area contributed by atoms with E-state index in [1.165, 1.54) is 18.2 Å². The minimum atomic E-state index is -4.41. The largest absolute Gasteiger partial charge is 0.416 e. The number of Topliss-reactive ketones (excluding diaryl/α,β-unsaturated/α-hetero) is 1. The number of carbonyl (C=O) groups is 1. The second-order valence-corrected chi connectivity index (χ2v) is 5.00. The van der Waals surface area contributed by atoms with Gasteiger partial charge in [-0.05, 0) is 11.6 Å². The molecular formula is C13H15F3O. The van der Waals surface area contributed by atoms with Crippen molar-refractivity contribution >= 4 is 5.78 Å². The molecule has 1 aromatic carbocycles. The van der Waals surface area contributed by atoms with Gasteiger partial charge in [0, 0.05) is 11.8 Å². The quantitative estimate of drug-likeness (QED) is 0.772. The monoisotopic (exact) mass is 244 g/mol. The highest BCUT2D eigenvalue weighted by molar-refractivity contribution is 5.86. The molecular weight excluding hydrogens is 229 g/mol. The molecule has 94 valence electrons. The van der Waals surface area contributed by atoms with Crippen molar-refractivity contribution in [2.24, 2.45) is 5.41 Å². The highest BCUT2D eigenvalue weighted by Gasteiger charge is 2.34. The molecule has 1 rings (SSSR count). The number of ketones is 1. The van der Waals surface area contributed by atoms with Crippen LogP contribution in [0.15, 0.2) is 24.3 Å². The Bertz CT molecular complexity index is 413. The average Bonchev–Trinajstić information content (AvgIpc) is 2.15. The predicted octanol–water partition coefficient (Wildman–Crippen LogP) is 3.86. The molecule has 0 bridgehead atoms. The second kappa shape index (κ2) is 4.51. The Morgan fingerprint density at radius 1 is 1.12 bits per heavy atom. The van der Waals surface area contributed by atoms with Gasteiger partial charge >= 0.3 is 6.18 Å². The summed E-state index contributed by atoms with van der Waals surface area (Å²) in [5.41, 5.74) is -1.31. The summed E-state index contributed by atoms with van der Waals surface area (Å²) in [6, 6.07) is 5.20. The number of rotatable bonds is 2. The van der Waals surface area contributed by atoms with E-state index >= 15 is 0 Å². The van der Waals surface area contributed by atoms with Crippen molar-refractivity contribution in [1.82, 2.24) is 0 Å². The number of benzene rings is 1. The number of hydrogen-bond acceptors (Lipinski definition) is 1. The molecule has 0 saturated heterocycles. The summed E-state index contributed by atoms with van der Waals surface area (Å²) in [7, 11) is 0. The maximum atomic E-state index is 12.7. The molecule has 0 radical (unpaired) electrons. The van der Waals surface area contributed by atoms with E-state index in [0.29, 0.717) is 0 Å². The first kappa shape index (κ1) is 13.7. The molecule has 17 heavy (non-hydrogen) atoms. The van der Waals surface area contributed by atoms with Crippen LogP contribution in [0.2, 0.25) is 0 Å². The Morgan fingerprint density at radius 2 is 1.65 bits per heavy atom. The smallest absolute Gasteiger partial charge is 0.299 e. The van der Waals surface area contributed by atoms with Crippen molar-refractivity contribution in [2.45, 2.75) is 33.4 Å². The molecule has 1 nitrogen and oxygen atoms in total. The molecule has 0 amide bonds. The van der Waals surface area contributed by atoms with E-state index in [9.17, 15) is 18.0 Å². The maximum absolute atomic E-state index is 12.7. The Hall–Kier alpha value is -1.32. The van der Waals surface area contributed by atoms with Crippen molar-refractivity contribution in [3.8, 4) is 0 Å². The zero-order valence-corrected chi connectivity index (χ0v) is 10.1. The van der Waals surface area contributed by atoms with Gasteiger partial charge in [-0.25, -0.2) is 0 Å². The number of halogens is 3. The molecule has 0 unspecified atom stereocenters. The second-order valence-electron chi connectivity index (χ2n) is 5.00. The van der Waals surface area contributed by atoms with Crippen molar-refractivity contribution in [1.29, 1.82) is 0 Å². The Kier molecular flexibility index (Phi) is 3.65. The molecule has 0 aliphatic carbocycles. The summed E-state index contributed by atoms with van der Waals surface area (Å²) in [4.78, 5) is 11.7. The van der Waals surface area contributed by atoms with E-state index < -0.39 is 17.2 Å². The molecule has 0 atom stereocenters. The van der Waals surface area contributed by atoms with Gasteiger partial charge in [-0.1, -0.05) is 39.0 Å². The molecule has 0 N–H and O–H groups in total. The lowest BCUT2D eigenvalue weighted by molar-refractivity contribution is -0.138. The van der Waals surface area contributed by atoms with E-state index in [1.54, 1.807) is 20.8 Å². The van der Waals surface area contributed by atoms with Crippen molar-refractivity contribution in [3.63, 3.8) is 0 Å². The van der Waals surface area contributed by atoms with Gasteiger partial charge in [-0.3, -0.25) is 4.79 Å². The van der Waals surface area contributed by atoms with Crippen LogP contribution in [-0.4, -0.2) is 5.78 Å². The third kappa shape index (κ3) is 3.58. The lowest BCUT2D eigenvalue weighted by Crippen LogP contribution is -2.23. The van der Waals surface area contributed by atoms with Crippen LogP contribution >= 0.6 is 0 Å². The van der Waals surface area contributed by atoms with Gasteiger partial charge in [0.15, 0.2) is 0 Å². The van der Waals surface area contributed by atoms with Crippen LogP contribution in [0.3, 0.4) is 0 Å². The van der Waals surface area contributed by atoms with Gasteiger partial charge in [0.2, 0.25) is 0 Å². The van der Waals surface area contributed by atoms with Gasteiger partial charge in [0.05, 0.1) is 5.56 Å². The summed E-state index contributed by atoms with van der Waals surface area (Å²) in [6.45, 7) is 5.10. The van der Waals surface area contributed by atoms with Crippen LogP contribution in [0, 0.1) is 5.41 Å². The van der Waals surface area contributed by atoms with Gasteiger partial charge in [0.25, 0.3) is 0 Å². The fourth-order valence-corrected chi connectivity index (χ4v) is 1.39. The maximum Gasteiger partial charge on any atom is 0.416 e. The summed E-state index contributed by atoms with van der Waals surface area (Å²) < 4.78 is 38.1. The standard InChI is InChI=1S/C13H15F3O/c1-12(2,3)11(17)8-9-6-4-5-7-10(9)13(14,15)16/h4-7H,8H2,1-3H3. The topological polar surface area (TPSA) is 17.1 Å². The highest BCUT2D eigenvalue weighted by Crippen LogP contribution is 2.32. The fourth-order valence-electron chi connectivity index (χ4n) is 1.39. The zero-order chi connectivity index (χ0) is 13.3. The van der Waals surface area contributed by atoms with Crippen molar-refractivity contribution < 1.29 is 18.0 Å². The van der Waals surface area contributed by atoms with E-state index in [-0.39, 0.29) is 17.8 Å². The highest BCUT2D eigenvalue weighted by atomic mass is 19.4. The van der Waals surface area contributed by atoms with Gasteiger partial charge in [-0.15, -0.1) is 0 Å². The van der Waals surface area contributed by atoms with Crippen LogP contribution in [0.25, 0.3) is 0 Å². The molecule has 0 heterocycles. The van der Waals surface area contributed by atoms with Crippen LogP contribution in [0.5, 0.6) is 0 Å². The average molecular weight is 244 g/mol. The van der Waals surface area contributed by atoms with Crippen molar-refractivity contribution in [2.75, 3.05) is 0 Å². The fraction of sp³-hybridized carbons (Fsp3) is 0.462. The number of carbonyl (C=O) groups excluding carboxylic acids is 1. The molecule has 0 saturated carbocycles. The molecule has 0 aliphatic rings. The van der Waals surface area contributed by atoms with E-state index in [1.807, 2.05) is 0 Å². The first-order valence-corrected chi connectivity index (χ1v) is 5.31. The normalized spacial score (nSPS) is 12.6. The molecule has 4 heteroatoms. The Labute approximate surface area is 98.6 Å². The number of alkyl halides is 3.